The lowest BCUT2D eigenvalue weighted by molar-refractivity contribution is -0.159. The Kier molecular flexibility index (Phi) is 11.6. The molecule has 0 aliphatic heterocycles. The van der Waals surface area contributed by atoms with Crippen molar-refractivity contribution in [2.45, 2.75) is 77.0 Å². The van der Waals surface area contributed by atoms with Crippen LogP contribution in [0.15, 0.2) is 0 Å². The monoisotopic (exact) mass is 345 g/mol. The molecule has 0 spiro atoms. The highest BCUT2D eigenvalue weighted by Gasteiger charge is 2.28. The van der Waals surface area contributed by atoms with Gasteiger partial charge in [-0.25, -0.2) is 10.2 Å². The molecule has 8 N–H and O–H groups in total. The van der Waals surface area contributed by atoms with E-state index in [1.165, 1.54) is 0 Å². The molecule has 0 aliphatic rings. The van der Waals surface area contributed by atoms with Crippen molar-refractivity contribution in [1.29, 1.82) is 0 Å². The summed E-state index contributed by atoms with van der Waals surface area (Å²) in [5.41, 5.74) is 12.8. The van der Waals surface area contributed by atoms with Crippen LogP contribution in [0.25, 0.3) is 0 Å². The minimum atomic E-state index is -0.700. The number of hydrazine groups is 1. The molecule has 0 aromatic rings. The van der Waals surface area contributed by atoms with Gasteiger partial charge in [-0.2, -0.15) is 0 Å². The topological polar surface area (TPSA) is 145 Å². The number of unbranched alkanes of at least 4 members (excludes halogenated alkanes) is 2. The quantitative estimate of drug-likeness (QED) is 0.144. The smallest absolute Gasteiger partial charge is 0.329 e. The van der Waals surface area contributed by atoms with Crippen molar-refractivity contribution < 1.29 is 14.3 Å². The third-order valence-corrected chi connectivity index (χ3v) is 3.42. The number of hydrogen-bond acceptors (Lipinski definition) is 7. The Labute approximate surface area is 145 Å². The molecule has 0 saturated heterocycles. The lowest BCUT2D eigenvalue weighted by Gasteiger charge is -2.26. The normalized spacial score (nSPS) is 14.1. The second kappa shape index (κ2) is 12.2. The molecule has 2 atom stereocenters. The summed E-state index contributed by atoms with van der Waals surface area (Å²) in [6, 6.07) is -1.26. The summed E-state index contributed by atoms with van der Waals surface area (Å²) >= 11 is 0. The van der Waals surface area contributed by atoms with Gasteiger partial charge in [0.2, 0.25) is 5.91 Å². The van der Waals surface area contributed by atoms with Crippen molar-refractivity contribution in [2.75, 3.05) is 13.1 Å². The fraction of sp³-hybridized carbons (Fsp3) is 0.875. The molecule has 0 aromatic carbocycles. The van der Waals surface area contributed by atoms with E-state index in [1.807, 2.05) is 0 Å². The predicted octanol–water partition coefficient (Wildman–Crippen LogP) is -0.0972. The van der Waals surface area contributed by atoms with Gasteiger partial charge >= 0.3 is 5.97 Å². The Morgan fingerprint density at radius 1 is 0.958 bits per heavy atom. The zero-order chi connectivity index (χ0) is 18.6. The zero-order valence-electron chi connectivity index (χ0n) is 15.3. The summed E-state index contributed by atoms with van der Waals surface area (Å²) in [5.74, 6) is 4.71. The number of esters is 1. The van der Waals surface area contributed by atoms with Crippen LogP contribution in [0.3, 0.4) is 0 Å². The van der Waals surface area contributed by atoms with E-state index in [2.05, 4.69) is 10.7 Å². The summed E-state index contributed by atoms with van der Waals surface area (Å²) in [4.78, 5) is 24.7. The minimum absolute atomic E-state index is 0.307. The maximum atomic E-state index is 12.4. The SMILES string of the molecule is CC(C)(C)OC(=O)[C@H](CCCCN)NC(=O)[C@H](CCCCN)NN. The van der Waals surface area contributed by atoms with Crippen LogP contribution in [0.1, 0.15) is 59.3 Å². The van der Waals surface area contributed by atoms with Crippen molar-refractivity contribution >= 4 is 11.9 Å². The highest BCUT2D eigenvalue weighted by Crippen LogP contribution is 2.12. The maximum absolute atomic E-state index is 12.4. The largest absolute Gasteiger partial charge is 0.458 e. The number of ether oxygens (including phenoxy) is 1. The van der Waals surface area contributed by atoms with Crippen LogP contribution >= 0.6 is 0 Å². The summed E-state index contributed by atoms with van der Waals surface area (Å²) in [7, 11) is 0. The lowest BCUT2D eigenvalue weighted by Crippen LogP contribution is -2.53. The molecule has 24 heavy (non-hydrogen) atoms. The van der Waals surface area contributed by atoms with Gasteiger partial charge in [0.1, 0.15) is 11.6 Å². The Morgan fingerprint density at radius 2 is 1.46 bits per heavy atom. The van der Waals surface area contributed by atoms with Crippen molar-refractivity contribution in [2.24, 2.45) is 17.3 Å². The average Bonchev–Trinajstić information content (AvgIpc) is 2.49. The molecule has 0 bridgehead atoms. The Bertz CT molecular complexity index is 371. The van der Waals surface area contributed by atoms with Crippen molar-refractivity contribution in [3.05, 3.63) is 0 Å². The standard InChI is InChI=1S/C16H35N5O3/c1-16(2,3)24-15(23)13(9-5-7-11-18)20-14(22)12(21-19)8-4-6-10-17/h12-13,21H,4-11,17-19H2,1-3H3,(H,20,22)/t12-,13-/m0/s1. The number of amides is 1. The number of nitrogens with one attached hydrogen (secondary N) is 2. The van der Waals surface area contributed by atoms with Crippen molar-refractivity contribution in [3.8, 4) is 0 Å². The number of hydrogen-bond donors (Lipinski definition) is 5. The molecular formula is C16H35N5O3. The van der Waals surface area contributed by atoms with Gasteiger partial charge in [-0.05, 0) is 66.0 Å². The third-order valence-electron chi connectivity index (χ3n) is 3.42. The molecule has 0 aromatic heterocycles. The van der Waals surface area contributed by atoms with Crippen molar-refractivity contribution in [3.63, 3.8) is 0 Å². The number of carbonyl (C=O) groups is 2. The minimum Gasteiger partial charge on any atom is -0.458 e. The van der Waals surface area contributed by atoms with E-state index in [1.54, 1.807) is 20.8 Å². The van der Waals surface area contributed by atoms with E-state index >= 15 is 0 Å². The molecule has 0 saturated carbocycles. The molecule has 8 nitrogen and oxygen atoms in total. The first-order chi connectivity index (χ1) is 11.2. The average molecular weight is 345 g/mol. The van der Waals surface area contributed by atoms with Gasteiger partial charge in [0.05, 0.1) is 6.04 Å². The van der Waals surface area contributed by atoms with Gasteiger partial charge in [-0.15, -0.1) is 0 Å². The van der Waals surface area contributed by atoms with Gasteiger partial charge in [0.25, 0.3) is 0 Å². The number of carbonyl (C=O) groups excluding carboxylic acids is 2. The molecule has 0 aliphatic carbocycles. The van der Waals surface area contributed by atoms with Gasteiger partial charge in [0.15, 0.2) is 0 Å². The van der Waals surface area contributed by atoms with Crippen LogP contribution in [0, 0.1) is 0 Å². The highest BCUT2D eigenvalue weighted by atomic mass is 16.6. The second-order valence-corrected chi connectivity index (χ2v) is 6.88. The first-order valence-corrected chi connectivity index (χ1v) is 8.64. The molecule has 0 fully saturated rings. The fourth-order valence-electron chi connectivity index (χ4n) is 2.17. The number of nitrogens with two attached hydrogens (primary N) is 3. The van der Waals surface area contributed by atoms with Crippen LogP contribution in [0.5, 0.6) is 0 Å². The van der Waals surface area contributed by atoms with Crippen molar-refractivity contribution in [1.82, 2.24) is 10.7 Å². The molecule has 142 valence electrons. The summed E-state index contributed by atoms with van der Waals surface area (Å²) in [6.45, 7) is 6.49. The van der Waals surface area contributed by atoms with E-state index < -0.39 is 23.7 Å². The number of rotatable bonds is 12. The first-order valence-electron chi connectivity index (χ1n) is 8.64. The summed E-state index contributed by atoms with van der Waals surface area (Å²) in [5, 5.41) is 2.75. The van der Waals surface area contributed by atoms with Crippen LogP contribution in [-0.2, 0) is 14.3 Å². The molecule has 8 heteroatoms. The second-order valence-electron chi connectivity index (χ2n) is 6.88. The van der Waals surface area contributed by atoms with Crippen LogP contribution < -0.4 is 28.1 Å². The van der Waals surface area contributed by atoms with E-state index in [4.69, 9.17) is 22.0 Å². The van der Waals surface area contributed by atoms with Crippen LogP contribution in [0.2, 0.25) is 0 Å². The van der Waals surface area contributed by atoms with Gasteiger partial charge in [-0.1, -0.05) is 6.42 Å². The van der Waals surface area contributed by atoms with E-state index in [9.17, 15) is 9.59 Å². The lowest BCUT2D eigenvalue weighted by atomic mass is 10.1. The molecular weight excluding hydrogens is 310 g/mol. The summed E-state index contributed by atoms with van der Waals surface area (Å²) in [6.07, 6.45) is 4.15. The first kappa shape index (κ1) is 22.8. The Hall–Kier alpha value is -1.22. The fourth-order valence-corrected chi connectivity index (χ4v) is 2.17. The molecule has 0 unspecified atom stereocenters. The van der Waals surface area contributed by atoms with E-state index in [0.717, 1.165) is 25.7 Å². The highest BCUT2D eigenvalue weighted by molar-refractivity contribution is 5.87. The molecule has 0 rings (SSSR count). The van der Waals surface area contributed by atoms with Crippen LogP contribution in [-0.4, -0.2) is 42.7 Å². The summed E-state index contributed by atoms with van der Waals surface area (Å²) < 4.78 is 5.39. The van der Waals surface area contributed by atoms with Gasteiger partial charge in [-0.3, -0.25) is 10.6 Å². The Morgan fingerprint density at radius 3 is 1.88 bits per heavy atom. The maximum Gasteiger partial charge on any atom is 0.329 e. The van der Waals surface area contributed by atoms with E-state index in [0.29, 0.717) is 25.9 Å². The predicted molar refractivity (Wildman–Crippen MR) is 94.7 cm³/mol. The Balaban J connectivity index is 4.75. The molecule has 1 amide bonds. The van der Waals surface area contributed by atoms with Gasteiger partial charge in [0, 0.05) is 0 Å². The zero-order valence-corrected chi connectivity index (χ0v) is 15.3. The van der Waals surface area contributed by atoms with Crippen LogP contribution in [0.4, 0.5) is 0 Å². The molecule has 0 radical (unpaired) electrons. The molecule has 0 heterocycles. The third kappa shape index (κ3) is 10.5. The van der Waals surface area contributed by atoms with Gasteiger partial charge < -0.3 is 21.5 Å². The van der Waals surface area contributed by atoms with E-state index in [-0.39, 0.29) is 5.91 Å².